The van der Waals surface area contributed by atoms with Crippen molar-refractivity contribution >= 4 is 16.7 Å². The molecular weight excluding hydrogens is 230 g/mol. The van der Waals surface area contributed by atoms with E-state index in [-0.39, 0.29) is 0 Å². The maximum Gasteiger partial charge on any atom is 0.179 e. The molecule has 0 saturated heterocycles. The van der Waals surface area contributed by atoms with Gasteiger partial charge in [-0.05, 0) is 28.6 Å². The molecule has 0 aliphatic carbocycles. The molecule has 0 amide bonds. The molecule has 0 fully saturated rings. The van der Waals surface area contributed by atoms with Crippen LogP contribution in [0.25, 0.3) is 27.8 Å². The minimum absolute atomic E-state index is 0.714. The zero-order valence-corrected chi connectivity index (χ0v) is 9.15. The average Bonchev–Trinajstić information content (AvgIpc) is 3.05. The predicted molar refractivity (Wildman–Crippen MR) is 63.7 cm³/mol. The van der Waals surface area contributed by atoms with Gasteiger partial charge in [0.25, 0.3) is 0 Å². The normalized spacial score (nSPS) is 11.3. The average molecular weight is 237 g/mol. The summed E-state index contributed by atoms with van der Waals surface area (Å²) in [6.07, 6.45) is 1.87. The molecular formula is C11H7N7. The summed E-state index contributed by atoms with van der Waals surface area (Å²) in [5.41, 5.74) is 4.38. The molecule has 86 valence electrons. The lowest BCUT2D eigenvalue weighted by Gasteiger charge is -2.01. The Hall–Kier alpha value is -2.83. The molecule has 0 radical (unpaired) electrons. The number of para-hydroxylation sites is 1. The summed E-state index contributed by atoms with van der Waals surface area (Å²) in [4.78, 5) is 0. The highest BCUT2D eigenvalue weighted by Crippen LogP contribution is 2.25. The summed E-state index contributed by atoms with van der Waals surface area (Å²) in [5.74, 6) is 0. The number of fused-ring (bicyclic) bond motifs is 2. The molecule has 0 unspecified atom stereocenters. The van der Waals surface area contributed by atoms with Gasteiger partial charge in [-0.2, -0.15) is 15.4 Å². The van der Waals surface area contributed by atoms with Crippen LogP contribution in [0.5, 0.6) is 0 Å². The van der Waals surface area contributed by atoms with E-state index in [1.165, 1.54) is 0 Å². The van der Waals surface area contributed by atoms with Gasteiger partial charge in [0.05, 0.1) is 0 Å². The van der Waals surface area contributed by atoms with Gasteiger partial charge in [0.1, 0.15) is 11.0 Å². The van der Waals surface area contributed by atoms with Crippen molar-refractivity contribution < 1.29 is 0 Å². The molecule has 18 heavy (non-hydrogen) atoms. The second-order valence-corrected chi connectivity index (χ2v) is 3.90. The van der Waals surface area contributed by atoms with E-state index in [1.54, 1.807) is 4.52 Å². The van der Waals surface area contributed by atoms with Crippen molar-refractivity contribution in [2.24, 2.45) is 0 Å². The molecule has 0 atom stereocenters. The molecule has 1 aromatic carbocycles. The molecule has 1 N–H and O–H groups in total. The summed E-state index contributed by atoms with van der Waals surface area (Å²) in [6.45, 7) is 0. The van der Waals surface area contributed by atoms with E-state index in [0.29, 0.717) is 5.65 Å². The zero-order valence-electron chi connectivity index (χ0n) is 9.15. The summed E-state index contributed by atoms with van der Waals surface area (Å²) in [6, 6.07) is 9.70. The molecule has 0 spiro atoms. The fourth-order valence-electron chi connectivity index (χ4n) is 2.00. The number of nitrogens with one attached hydrogen (secondary N) is 1. The molecule has 4 rings (SSSR count). The Bertz CT molecular complexity index is 844. The third kappa shape index (κ3) is 1.21. The SMILES string of the molecule is c1cc(-c2ccc3nnnn3c2)c2n[nH]nc2c1. The minimum atomic E-state index is 0.714. The molecule has 7 nitrogen and oxygen atoms in total. The maximum absolute atomic E-state index is 4.17. The number of H-pyrrole nitrogens is 1. The first-order chi connectivity index (χ1) is 8.92. The zero-order chi connectivity index (χ0) is 11.9. The Morgan fingerprint density at radius 2 is 2.06 bits per heavy atom. The van der Waals surface area contributed by atoms with Crippen molar-refractivity contribution in [2.45, 2.75) is 0 Å². The Morgan fingerprint density at radius 1 is 1.06 bits per heavy atom. The third-order valence-electron chi connectivity index (χ3n) is 2.85. The van der Waals surface area contributed by atoms with Crippen LogP contribution in [0, 0.1) is 0 Å². The molecule has 0 bridgehead atoms. The van der Waals surface area contributed by atoms with Crippen LogP contribution in [0.3, 0.4) is 0 Å². The Kier molecular flexibility index (Phi) is 1.71. The summed E-state index contributed by atoms with van der Waals surface area (Å²) < 4.78 is 1.63. The van der Waals surface area contributed by atoms with E-state index < -0.39 is 0 Å². The van der Waals surface area contributed by atoms with E-state index in [9.17, 15) is 0 Å². The quantitative estimate of drug-likeness (QED) is 0.535. The van der Waals surface area contributed by atoms with E-state index >= 15 is 0 Å². The minimum Gasteiger partial charge on any atom is -0.200 e. The van der Waals surface area contributed by atoms with Crippen LogP contribution in [-0.2, 0) is 0 Å². The fourth-order valence-corrected chi connectivity index (χ4v) is 2.00. The first-order valence-corrected chi connectivity index (χ1v) is 5.39. The standard InChI is InChI=1S/C11H7N7/c1-2-8(11-9(3-1)12-15-14-11)7-4-5-10-13-16-17-18(10)6-7/h1-6H,(H,12,14,15). The number of hydrogen-bond donors (Lipinski definition) is 1. The number of aromatic amines is 1. The van der Waals surface area contributed by atoms with Gasteiger partial charge in [-0.25, -0.2) is 4.52 Å². The lowest BCUT2D eigenvalue weighted by atomic mass is 10.1. The highest BCUT2D eigenvalue weighted by Gasteiger charge is 2.08. The molecule has 4 aromatic rings. The van der Waals surface area contributed by atoms with E-state index in [4.69, 9.17) is 0 Å². The highest BCUT2D eigenvalue weighted by atomic mass is 15.5. The number of pyridine rings is 1. The van der Waals surface area contributed by atoms with Gasteiger partial charge in [0.15, 0.2) is 5.65 Å². The number of aromatic nitrogens is 7. The van der Waals surface area contributed by atoms with Crippen LogP contribution in [0.2, 0.25) is 0 Å². The molecule has 3 aromatic heterocycles. The van der Waals surface area contributed by atoms with Crippen molar-refractivity contribution in [2.75, 3.05) is 0 Å². The van der Waals surface area contributed by atoms with Gasteiger partial charge in [-0.15, -0.1) is 5.10 Å². The number of benzene rings is 1. The second kappa shape index (κ2) is 3.33. The van der Waals surface area contributed by atoms with Gasteiger partial charge < -0.3 is 0 Å². The Balaban J connectivity index is 2.03. The lowest BCUT2D eigenvalue weighted by molar-refractivity contribution is 0.824. The number of nitrogens with zero attached hydrogens (tertiary/aromatic N) is 6. The van der Waals surface area contributed by atoms with Crippen molar-refractivity contribution in [1.29, 1.82) is 0 Å². The van der Waals surface area contributed by atoms with Crippen LogP contribution < -0.4 is 0 Å². The first-order valence-electron chi connectivity index (χ1n) is 5.39. The number of tetrazole rings is 1. The first kappa shape index (κ1) is 9.23. The van der Waals surface area contributed by atoms with Crippen LogP contribution in [-0.4, -0.2) is 35.5 Å². The van der Waals surface area contributed by atoms with E-state index in [2.05, 4.69) is 30.9 Å². The van der Waals surface area contributed by atoms with Gasteiger partial charge in [0.2, 0.25) is 0 Å². The largest absolute Gasteiger partial charge is 0.200 e. The predicted octanol–water partition coefficient (Wildman–Crippen LogP) is 1.06. The maximum atomic E-state index is 4.17. The van der Waals surface area contributed by atoms with Crippen molar-refractivity contribution in [3.8, 4) is 11.1 Å². The van der Waals surface area contributed by atoms with Crippen molar-refractivity contribution in [3.05, 3.63) is 36.5 Å². The van der Waals surface area contributed by atoms with E-state index in [0.717, 1.165) is 22.2 Å². The van der Waals surface area contributed by atoms with Crippen molar-refractivity contribution in [1.82, 2.24) is 35.5 Å². The van der Waals surface area contributed by atoms with Crippen molar-refractivity contribution in [3.63, 3.8) is 0 Å². The van der Waals surface area contributed by atoms with E-state index in [1.807, 2.05) is 36.5 Å². The smallest absolute Gasteiger partial charge is 0.179 e. The molecule has 0 aliphatic rings. The van der Waals surface area contributed by atoms with Crippen LogP contribution in [0.4, 0.5) is 0 Å². The van der Waals surface area contributed by atoms with Crippen LogP contribution in [0.15, 0.2) is 36.5 Å². The topological polar surface area (TPSA) is 84.6 Å². The van der Waals surface area contributed by atoms with Gasteiger partial charge >= 0.3 is 0 Å². The third-order valence-corrected chi connectivity index (χ3v) is 2.85. The molecule has 7 heteroatoms. The number of hydrogen-bond acceptors (Lipinski definition) is 5. The van der Waals surface area contributed by atoms with Gasteiger partial charge in [0, 0.05) is 17.3 Å². The molecule has 3 heterocycles. The summed E-state index contributed by atoms with van der Waals surface area (Å²) in [7, 11) is 0. The monoisotopic (exact) mass is 237 g/mol. The molecule has 0 saturated carbocycles. The Morgan fingerprint density at radius 3 is 3.06 bits per heavy atom. The summed E-state index contributed by atoms with van der Waals surface area (Å²) in [5, 5.41) is 22.2. The fraction of sp³-hybridized carbons (Fsp3) is 0. The molecule has 0 aliphatic heterocycles. The van der Waals surface area contributed by atoms with Crippen LogP contribution >= 0.6 is 0 Å². The Labute approximate surface area is 100 Å². The number of rotatable bonds is 1. The van der Waals surface area contributed by atoms with Gasteiger partial charge in [-0.1, -0.05) is 12.1 Å². The highest BCUT2D eigenvalue weighted by molar-refractivity contribution is 5.91. The summed E-state index contributed by atoms with van der Waals surface area (Å²) >= 11 is 0. The van der Waals surface area contributed by atoms with Gasteiger partial charge in [-0.3, -0.25) is 0 Å². The lowest BCUT2D eigenvalue weighted by Crippen LogP contribution is -1.89. The van der Waals surface area contributed by atoms with Crippen LogP contribution in [0.1, 0.15) is 0 Å². The second-order valence-electron chi connectivity index (χ2n) is 3.90.